The van der Waals surface area contributed by atoms with Gasteiger partial charge in [0.1, 0.15) is 0 Å². The molecule has 5 aromatic rings. The van der Waals surface area contributed by atoms with E-state index in [9.17, 15) is 0 Å². The minimum absolute atomic E-state index is 0.0510. The third-order valence-electron chi connectivity index (χ3n) is 7.22. The highest BCUT2D eigenvalue weighted by molar-refractivity contribution is 7.71. The quantitative estimate of drug-likeness (QED) is 0.160. The molecule has 5 rings (SSSR count). The van der Waals surface area contributed by atoms with Crippen LogP contribution in [-0.2, 0) is 17.7 Å². The summed E-state index contributed by atoms with van der Waals surface area (Å²) in [5, 5.41) is 3.94. The van der Waals surface area contributed by atoms with Crippen LogP contribution in [0.3, 0.4) is 0 Å². The SMILES string of the molecule is CC(C)(C)c1c([Si](C)(C)C)ccc(CP)c1CP(c1ccc2ccccc2n1)c1ccc2ccccc2n1. The first-order valence-electron chi connectivity index (χ1n) is 13.4. The largest absolute Gasteiger partial charge is 0.248 e. The molecule has 3 aromatic carbocycles. The molecule has 0 spiro atoms. The van der Waals surface area contributed by atoms with Crippen LogP contribution >= 0.6 is 17.2 Å². The van der Waals surface area contributed by atoms with Crippen molar-refractivity contribution in [3.05, 3.63) is 102 Å². The van der Waals surface area contributed by atoms with Crippen LogP contribution in [0.1, 0.15) is 37.5 Å². The minimum atomic E-state index is -1.57. The molecule has 0 aliphatic rings. The topological polar surface area (TPSA) is 25.8 Å². The van der Waals surface area contributed by atoms with Crippen LogP contribution in [0.25, 0.3) is 21.8 Å². The van der Waals surface area contributed by atoms with E-state index in [2.05, 4.69) is 135 Å². The van der Waals surface area contributed by atoms with Crippen molar-refractivity contribution >= 4 is 63.1 Å². The molecule has 0 amide bonds. The third-order valence-corrected chi connectivity index (χ3v) is 11.9. The van der Waals surface area contributed by atoms with E-state index in [1.807, 2.05) is 0 Å². The highest BCUT2D eigenvalue weighted by atomic mass is 31.1. The molecular formula is C33H38N2P2Si. The standard InChI is InChI=1S/C33H38N2P2Si/c1-33(2,3)32-26(25(21-36)15-18-29(32)38(4,5)6)22-37(30-19-16-23-11-7-9-13-27(23)34-30)31-20-17-24-12-8-10-14-28(24)35-31/h7-20H,21-22,36H2,1-6H3. The van der Waals surface area contributed by atoms with Crippen LogP contribution in [0, 0.1) is 0 Å². The highest BCUT2D eigenvalue weighted by Crippen LogP contribution is 2.42. The van der Waals surface area contributed by atoms with E-state index < -0.39 is 16.0 Å². The fraction of sp³-hybridized carbons (Fsp3) is 0.273. The summed E-state index contributed by atoms with van der Waals surface area (Å²) in [6.07, 6.45) is 1.89. The molecule has 0 saturated heterocycles. The van der Waals surface area contributed by atoms with Crippen LogP contribution in [-0.4, -0.2) is 18.0 Å². The van der Waals surface area contributed by atoms with Gasteiger partial charge in [-0.3, -0.25) is 0 Å². The van der Waals surface area contributed by atoms with Gasteiger partial charge in [-0.25, -0.2) is 9.97 Å². The number of hydrogen-bond acceptors (Lipinski definition) is 2. The van der Waals surface area contributed by atoms with E-state index in [1.54, 1.807) is 10.8 Å². The molecule has 0 fully saturated rings. The zero-order chi connectivity index (χ0) is 27.1. The van der Waals surface area contributed by atoms with E-state index in [0.717, 1.165) is 34.2 Å². The Labute approximate surface area is 232 Å². The van der Waals surface area contributed by atoms with Gasteiger partial charge < -0.3 is 0 Å². The van der Waals surface area contributed by atoms with Gasteiger partial charge in [0.25, 0.3) is 0 Å². The maximum Gasteiger partial charge on any atom is 0.0779 e. The smallest absolute Gasteiger partial charge is 0.0779 e. The van der Waals surface area contributed by atoms with Gasteiger partial charge in [-0.1, -0.05) is 106 Å². The first-order valence-corrected chi connectivity index (χ1v) is 19.3. The molecule has 0 aliphatic carbocycles. The van der Waals surface area contributed by atoms with Gasteiger partial charge in [-0.05, 0) is 52.5 Å². The second-order valence-electron chi connectivity index (χ2n) is 12.1. The van der Waals surface area contributed by atoms with E-state index in [1.165, 1.54) is 21.9 Å². The Morgan fingerprint density at radius 1 is 0.711 bits per heavy atom. The number of aromatic nitrogens is 2. The molecule has 5 heteroatoms. The molecule has 1 unspecified atom stereocenters. The molecule has 2 nitrogen and oxygen atoms in total. The summed E-state index contributed by atoms with van der Waals surface area (Å²) < 4.78 is 0. The normalized spacial score (nSPS) is 12.5. The Morgan fingerprint density at radius 3 is 1.71 bits per heavy atom. The third kappa shape index (κ3) is 5.48. The van der Waals surface area contributed by atoms with Gasteiger partial charge in [0.2, 0.25) is 0 Å². The molecule has 0 saturated carbocycles. The lowest BCUT2D eigenvalue weighted by Crippen LogP contribution is -2.44. The van der Waals surface area contributed by atoms with Gasteiger partial charge >= 0.3 is 0 Å². The van der Waals surface area contributed by atoms with Crippen molar-refractivity contribution in [2.24, 2.45) is 0 Å². The van der Waals surface area contributed by atoms with Gasteiger partial charge in [-0.15, -0.1) is 9.24 Å². The highest BCUT2D eigenvalue weighted by Gasteiger charge is 2.31. The van der Waals surface area contributed by atoms with Crippen molar-refractivity contribution in [2.75, 3.05) is 0 Å². The fourth-order valence-corrected chi connectivity index (χ4v) is 9.84. The van der Waals surface area contributed by atoms with Crippen LogP contribution < -0.4 is 16.1 Å². The van der Waals surface area contributed by atoms with Gasteiger partial charge in [0.15, 0.2) is 0 Å². The number of para-hydroxylation sites is 2. The van der Waals surface area contributed by atoms with E-state index >= 15 is 0 Å². The van der Waals surface area contributed by atoms with E-state index in [0.29, 0.717) is 0 Å². The number of nitrogens with zero attached hydrogens (tertiary/aromatic N) is 2. The van der Waals surface area contributed by atoms with Gasteiger partial charge in [0, 0.05) is 24.9 Å². The maximum absolute atomic E-state index is 5.24. The molecule has 0 bridgehead atoms. The lowest BCUT2D eigenvalue weighted by molar-refractivity contribution is 0.588. The summed E-state index contributed by atoms with van der Waals surface area (Å²) in [5.74, 6) is 0. The molecule has 2 aromatic heterocycles. The zero-order valence-corrected chi connectivity index (χ0v) is 26.5. The molecule has 38 heavy (non-hydrogen) atoms. The summed E-state index contributed by atoms with van der Waals surface area (Å²) in [4.78, 5) is 10.5. The first kappa shape index (κ1) is 27.1. The molecule has 194 valence electrons. The number of hydrogen-bond donors (Lipinski definition) is 0. The zero-order valence-electron chi connectivity index (χ0n) is 23.4. The predicted octanol–water partition coefficient (Wildman–Crippen LogP) is 7.63. The average molecular weight is 553 g/mol. The van der Waals surface area contributed by atoms with Gasteiger partial charge in [-0.2, -0.15) is 0 Å². The number of pyridine rings is 2. The lowest BCUT2D eigenvalue weighted by Gasteiger charge is -2.34. The van der Waals surface area contributed by atoms with Gasteiger partial charge in [0.05, 0.1) is 30.0 Å². The second-order valence-corrected chi connectivity index (χ2v) is 19.7. The first-order chi connectivity index (χ1) is 18.1. The second kappa shape index (κ2) is 10.6. The molecule has 0 aliphatic heterocycles. The van der Waals surface area contributed by atoms with Crippen molar-refractivity contribution < 1.29 is 0 Å². The minimum Gasteiger partial charge on any atom is -0.248 e. The Balaban J connectivity index is 1.75. The summed E-state index contributed by atoms with van der Waals surface area (Å²) in [6, 6.07) is 30.6. The Hall–Kier alpha value is -2.44. The van der Waals surface area contributed by atoms with Crippen molar-refractivity contribution in [1.82, 2.24) is 9.97 Å². The van der Waals surface area contributed by atoms with Crippen LogP contribution in [0.5, 0.6) is 0 Å². The van der Waals surface area contributed by atoms with Crippen molar-refractivity contribution in [3.8, 4) is 0 Å². The molecular weight excluding hydrogens is 514 g/mol. The van der Waals surface area contributed by atoms with Crippen LogP contribution in [0.15, 0.2) is 84.9 Å². The molecule has 2 heterocycles. The van der Waals surface area contributed by atoms with Crippen LogP contribution in [0.2, 0.25) is 19.6 Å². The summed E-state index contributed by atoms with van der Waals surface area (Å²) in [7, 11) is 0.591. The Bertz CT molecular complexity index is 1540. The van der Waals surface area contributed by atoms with E-state index in [4.69, 9.17) is 9.97 Å². The number of fused-ring (bicyclic) bond motifs is 2. The Morgan fingerprint density at radius 2 is 1.24 bits per heavy atom. The molecule has 0 N–H and O–H groups in total. The summed E-state index contributed by atoms with van der Waals surface area (Å²) in [6.45, 7) is 14.6. The molecule has 1 atom stereocenters. The lowest BCUT2D eigenvalue weighted by atomic mass is 9.82. The number of rotatable bonds is 6. The number of benzene rings is 3. The predicted molar refractivity (Wildman–Crippen MR) is 175 cm³/mol. The average Bonchev–Trinajstić information content (AvgIpc) is 2.89. The summed E-state index contributed by atoms with van der Waals surface area (Å²) >= 11 is 0. The fourth-order valence-electron chi connectivity index (χ4n) is 5.39. The van der Waals surface area contributed by atoms with Crippen molar-refractivity contribution in [2.45, 2.75) is 58.2 Å². The van der Waals surface area contributed by atoms with Crippen molar-refractivity contribution in [1.29, 1.82) is 0 Å². The maximum atomic E-state index is 5.24. The summed E-state index contributed by atoms with van der Waals surface area (Å²) in [5.41, 5.74) is 8.93. The molecule has 0 radical (unpaired) electrons. The van der Waals surface area contributed by atoms with E-state index in [-0.39, 0.29) is 5.41 Å². The monoisotopic (exact) mass is 552 g/mol. The van der Waals surface area contributed by atoms with Crippen LogP contribution in [0.4, 0.5) is 0 Å². The Kier molecular flexibility index (Phi) is 7.58. The van der Waals surface area contributed by atoms with Crippen molar-refractivity contribution in [3.63, 3.8) is 0 Å².